The van der Waals surface area contributed by atoms with E-state index in [2.05, 4.69) is 315 Å². The van der Waals surface area contributed by atoms with Crippen molar-refractivity contribution in [3.05, 3.63) is 359 Å². The molecule has 0 aliphatic rings. The van der Waals surface area contributed by atoms with Crippen molar-refractivity contribution in [3.63, 3.8) is 0 Å². The molecular formula is C102H143Cl3N18. The van der Waals surface area contributed by atoms with Gasteiger partial charge >= 0.3 is 0 Å². The highest BCUT2D eigenvalue weighted by Crippen LogP contribution is 2.27. The first-order valence-electron chi connectivity index (χ1n) is 42.8. The first-order valence-corrected chi connectivity index (χ1v) is 44.0. The molecule has 18 nitrogen and oxygen atoms in total. The molecule has 0 atom stereocenters. The van der Waals surface area contributed by atoms with Gasteiger partial charge in [0.05, 0.1) is 6.54 Å². The molecule has 0 saturated heterocycles. The van der Waals surface area contributed by atoms with Crippen molar-refractivity contribution in [2.45, 2.75) is 203 Å². The molecule has 11 aromatic rings. The number of nitrogens with zero attached hydrogens (tertiary/aromatic N) is 11. The van der Waals surface area contributed by atoms with Gasteiger partial charge in [-0.05, 0) is 65.1 Å². The van der Waals surface area contributed by atoms with Gasteiger partial charge in [-0.3, -0.25) is 0 Å². The lowest BCUT2D eigenvalue weighted by atomic mass is 9.93. The molecule has 662 valence electrons. The monoisotopic (exact) mass is 1730 g/mol. The van der Waals surface area contributed by atoms with E-state index in [0.717, 1.165) is 200 Å². The van der Waals surface area contributed by atoms with E-state index in [9.17, 15) is 0 Å². The highest BCUT2D eigenvalue weighted by atomic mass is 35.5. The molecule has 0 fully saturated rings. The van der Waals surface area contributed by atoms with Gasteiger partial charge in [0.2, 0.25) is 0 Å². The van der Waals surface area contributed by atoms with Crippen LogP contribution in [0.5, 0.6) is 0 Å². The average molecular weight is 1730 g/mol. The quantitative estimate of drug-likeness (QED) is 0.0202. The maximum Gasteiger partial charge on any atom is 0.110 e. The molecule has 0 aliphatic heterocycles. The Hall–Kier alpha value is -10.5. The maximum atomic E-state index is 6.23. The van der Waals surface area contributed by atoms with Crippen LogP contribution in [0, 0.1) is 39.4 Å². The summed E-state index contributed by atoms with van der Waals surface area (Å²) >= 11 is 18.2. The number of aryl methyl sites for hydroxylation is 1. The van der Waals surface area contributed by atoms with Crippen LogP contribution in [0.1, 0.15) is 193 Å². The Morgan fingerprint density at radius 2 is 0.602 bits per heavy atom. The smallest absolute Gasteiger partial charge is 0.110 e. The van der Waals surface area contributed by atoms with Gasteiger partial charge in [-0.1, -0.05) is 302 Å². The lowest BCUT2D eigenvalue weighted by Crippen LogP contribution is -2.26. The molecule has 0 spiro atoms. The third kappa shape index (κ3) is 38.0. The van der Waals surface area contributed by atoms with Crippen molar-refractivity contribution in [1.82, 2.24) is 89.6 Å². The molecule has 0 bridgehead atoms. The number of hydrogen-bond donors (Lipinski definition) is 7. The van der Waals surface area contributed by atoms with E-state index in [4.69, 9.17) is 34.8 Å². The molecule has 6 heterocycles. The van der Waals surface area contributed by atoms with E-state index in [0.29, 0.717) is 0 Å². The van der Waals surface area contributed by atoms with Gasteiger partial charge in [-0.2, -0.15) is 0 Å². The lowest BCUT2D eigenvalue weighted by Gasteiger charge is -2.23. The zero-order valence-corrected chi connectivity index (χ0v) is 79.6. The van der Waals surface area contributed by atoms with Gasteiger partial charge < -0.3 is 59.7 Å². The molecule has 0 radical (unpaired) electrons. The van der Waals surface area contributed by atoms with Crippen molar-refractivity contribution in [1.29, 1.82) is 0 Å². The van der Waals surface area contributed by atoms with Crippen LogP contribution in [-0.2, 0) is 71.2 Å². The van der Waals surface area contributed by atoms with Crippen molar-refractivity contribution < 1.29 is 0 Å². The highest BCUT2D eigenvalue weighted by molar-refractivity contribution is 6.31. The number of benzene rings is 5. The summed E-state index contributed by atoms with van der Waals surface area (Å²) in [5.41, 5.74) is 14.3. The number of allylic oxidation sites excluding steroid dienone is 6. The summed E-state index contributed by atoms with van der Waals surface area (Å²) in [5, 5.41) is 22.6. The molecule has 7 N–H and O–H groups in total. The third-order valence-corrected chi connectivity index (χ3v) is 21.5. The minimum absolute atomic E-state index is 0.0764. The molecular weight excluding hydrogens is 1580 g/mol. The van der Waals surface area contributed by atoms with E-state index in [1.165, 1.54) is 27.8 Å². The van der Waals surface area contributed by atoms with E-state index in [1.807, 2.05) is 141 Å². The minimum atomic E-state index is 0.0764. The van der Waals surface area contributed by atoms with Gasteiger partial charge in [0.25, 0.3) is 0 Å². The number of halogens is 3. The fraction of sp³-hybridized carbons (Fsp3) is 0.412. The summed E-state index contributed by atoms with van der Waals surface area (Å²) in [6.07, 6.45) is 28.3. The molecule has 0 amide bonds. The van der Waals surface area contributed by atoms with Gasteiger partial charge in [0.1, 0.15) is 34.9 Å². The molecule has 5 aromatic carbocycles. The Bertz CT molecular complexity index is 4860. The Labute approximate surface area is 752 Å². The van der Waals surface area contributed by atoms with Crippen molar-refractivity contribution >= 4 is 34.8 Å². The fourth-order valence-corrected chi connectivity index (χ4v) is 12.2. The second kappa shape index (κ2) is 49.1. The van der Waals surface area contributed by atoms with Crippen LogP contribution in [-0.4, -0.2) is 97.0 Å². The van der Waals surface area contributed by atoms with Crippen LogP contribution >= 0.6 is 34.8 Å². The van der Waals surface area contributed by atoms with Gasteiger partial charge in [-0.15, -0.1) is 0 Å². The molecule has 0 unspecified atom stereocenters. The van der Waals surface area contributed by atoms with Crippen molar-refractivity contribution in [3.8, 4) is 0 Å². The number of hydrogen-bond acceptors (Lipinski definition) is 12. The molecule has 123 heavy (non-hydrogen) atoms. The predicted octanol–water partition coefficient (Wildman–Crippen LogP) is 22.5. The zero-order valence-electron chi connectivity index (χ0n) is 77.4. The normalized spacial score (nSPS) is 11.4. The van der Waals surface area contributed by atoms with Crippen LogP contribution in [0.15, 0.2) is 275 Å². The van der Waals surface area contributed by atoms with Crippen LogP contribution < -0.4 is 31.9 Å². The molecule has 0 aliphatic carbocycles. The van der Waals surface area contributed by atoms with Crippen LogP contribution in [0.3, 0.4) is 0 Å². The van der Waals surface area contributed by atoms with Gasteiger partial charge in [0.15, 0.2) is 0 Å². The highest BCUT2D eigenvalue weighted by Gasteiger charge is 2.21. The van der Waals surface area contributed by atoms with Gasteiger partial charge in [0, 0.05) is 260 Å². The Morgan fingerprint density at radius 3 is 0.919 bits per heavy atom. The summed E-state index contributed by atoms with van der Waals surface area (Å²) < 4.78 is 10.9. The number of rotatable bonds is 34. The second-order valence-electron chi connectivity index (χ2n) is 37.1. The van der Waals surface area contributed by atoms with E-state index < -0.39 is 0 Å². The number of aromatic nitrogens is 12. The van der Waals surface area contributed by atoms with E-state index in [-0.39, 0.29) is 32.5 Å². The zero-order chi connectivity index (χ0) is 90.6. The Kier molecular flexibility index (Phi) is 40.4. The standard InChI is InChI=1S/C19H27N3.3C18H24ClN3.C18H25N3.C11H19N3/c1-15-6-8-17(9-7-15)14-22-13-12-21-18(22)10-11-20-16(2)19(3,4)5;1-14(18(2,3)4)20-10-9-17-21-11-12-22(17)13-15-5-7-16(19)8-6-15;1-14(18(2,3)4)20-9-8-17-21-10-11-22(17)13-15-6-5-7-16(19)12-15;1-14(18(2,3)4)20-10-9-17-21-11-12-22(17)13-15-7-5-6-8-16(15)19;1-15(18(2,3)4)19-11-10-17-20-12-13-21(17)14-16-8-6-5-7-9-16;1-9(11(2,3)4)12-6-5-10-13-7-8-14-10/h6-9,12-13,20H,2,10-11,14H2,1,3-5H3;5-8,11-12,20H,1,9-10,13H2,2-4H3;5-7,10-12,20H,1,8-9,13H2,2-4H3;5-8,11-12,20H,1,9-10,13H2,2-4H3;5-9,12-13,19H,1,10-11,14H2,2-4H3;7-8,12H,1,5-6H2,2-4H3,(H,13,14). The number of H-pyrrole nitrogens is 1. The molecule has 11 rings (SSSR count). The number of aromatic amines is 1. The summed E-state index contributed by atoms with van der Waals surface area (Å²) in [5.74, 6) is 6.41. The first kappa shape index (κ1) is 101. The van der Waals surface area contributed by atoms with Gasteiger partial charge in [-0.25, -0.2) is 29.9 Å². The van der Waals surface area contributed by atoms with Crippen LogP contribution in [0.25, 0.3) is 0 Å². The first-order chi connectivity index (χ1) is 57.9. The Morgan fingerprint density at radius 1 is 0.309 bits per heavy atom. The number of nitrogens with one attached hydrogen (secondary N) is 7. The summed E-state index contributed by atoms with van der Waals surface area (Å²) in [7, 11) is 0. The second-order valence-corrected chi connectivity index (χ2v) is 38.4. The van der Waals surface area contributed by atoms with E-state index >= 15 is 0 Å². The molecule has 0 saturated carbocycles. The van der Waals surface area contributed by atoms with Crippen LogP contribution in [0.2, 0.25) is 15.1 Å². The van der Waals surface area contributed by atoms with Crippen LogP contribution in [0.4, 0.5) is 0 Å². The Balaban J connectivity index is 0.000000229. The maximum absolute atomic E-state index is 6.23. The van der Waals surface area contributed by atoms with E-state index in [1.54, 1.807) is 6.20 Å². The molecule has 6 aromatic heterocycles. The largest absolute Gasteiger partial charge is 0.388 e. The number of imidazole rings is 6. The minimum Gasteiger partial charge on any atom is -0.388 e. The fourth-order valence-electron chi connectivity index (χ4n) is 11.6. The predicted molar refractivity (Wildman–Crippen MR) is 519 cm³/mol. The average Bonchev–Trinajstić information content (AvgIpc) is 1.76. The van der Waals surface area contributed by atoms with Crippen molar-refractivity contribution in [2.24, 2.45) is 32.5 Å². The third-order valence-electron chi connectivity index (χ3n) is 20.6. The summed E-state index contributed by atoms with van der Waals surface area (Å²) in [6.45, 7) is 74.6. The van der Waals surface area contributed by atoms with Crippen molar-refractivity contribution in [2.75, 3.05) is 39.3 Å². The summed E-state index contributed by atoms with van der Waals surface area (Å²) in [6, 6.07) is 42.9. The lowest BCUT2D eigenvalue weighted by molar-refractivity contribution is 0.461. The molecule has 21 heteroatoms. The topological polar surface area (TPSA) is 190 Å². The summed E-state index contributed by atoms with van der Waals surface area (Å²) in [4.78, 5) is 29.5. The SMILES string of the molecule is C=C(NCCc1ncc[nH]1)C(C)(C)C.C=C(NCCc1nccn1Cc1ccc(C)cc1)C(C)(C)C.C=C(NCCc1nccn1Cc1ccc(Cl)cc1)C(C)(C)C.C=C(NCCc1nccn1Cc1cccc(Cl)c1)C(C)(C)C.C=C(NCCc1nccn1Cc1ccccc1)C(C)(C)C.C=C(NCCc1nccn1Cc1ccccc1Cl)C(C)(C)C.